The molecular formula is C12H22N2. The summed E-state index contributed by atoms with van der Waals surface area (Å²) in [5.74, 6) is 2.27. The van der Waals surface area contributed by atoms with E-state index in [9.17, 15) is 0 Å². The minimum Gasteiger partial charge on any atom is -0.316 e. The molecule has 0 aromatic rings. The van der Waals surface area contributed by atoms with E-state index >= 15 is 0 Å². The van der Waals surface area contributed by atoms with E-state index in [1.807, 2.05) is 0 Å². The Morgan fingerprint density at radius 1 is 1.14 bits per heavy atom. The lowest BCUT2D eigenvalue weighted by atomic mass is 10.0. The molecule has 3 atom stereocenters. The van der Waals surface area contributed by atoms with E-state index in [2.05, 4.69) is 17.3 Å². The molecule has 0 bridgehead atoms. The molecule has 2 nitrogen and oxygen atoms in total. The second kappa shape index (κ2) is 3.49. The van der Waals surface area contributed by atoms with Gasteiger partial charge in [0.1, 0.15) is 0 Å². The minimum absolute atomic E-state index is 0.765. The molecule has 14 heavy (non-hydrogen) atoms. The van der Waals surface area contributed by atoms with Gasteiger partial charge >= 0.3 is 0 Å². The Balaban J connectivity index is 1.56. The third-order valence-electron chi connectivity index (χ3n) is 4.60. The zero-order chi connectivity index (χ0) is 9.54. The summed E-state index contributed by atoms with van der Waals surface area (Å²) in [6.07, 6.45) is 7.37. The molecule has 3 aliphatic rings. The number of fused-ring (bicyclic) bond motifs is 1. The molecule has 2 saturated carbocycles. The second-order valence-electron chi connectivity index (χ2n) is 5.50. The molecule has 1 N–H and O–H groups in total. The molecule has 1 aliphatic heterocycles. The van der Waals surface area contributed by atoms with Gasteiger partial charge in [-0.15, -0.1) is 0 Å². The monoisotopic (exact) mass is 194 g/mol. The van der Waals surface area contributed by atoms with E-state index in [-0.39, 0.29) is 0 Å². The normalized spacial score (nSPS) is 47.8. The average Bonchev–Trinajstić information content (AvgIpc) is 2.86. The number of nitrogens with zero attached hydrogens (tertiary/aromatic N) is 1. The number of piperidine rings is 1. The maximum Gasteiger partial charge on any atom is 0.0192 e. The first-order valence-corrected chi connectivity index (χ1v) is 6.28. The van der Waals surface area contributed by atoms with Crippen LogP contribution in [0.2, 0.25) is 0 Å². The number of likely N-dealkylation sites (tertiary alicyclic amines) is 1. The largest absolute Gasteiger partial charge is 0.316 e. The van der Waals surface area contributed by atoms with Gasteiger partial charge < -0.3 is 5.32 Å². The highest BCUT2D eigenvalue weighted by Gasteiger charge is 2.47. The van der Waals surface area contributed by atoms with Crippen molar-refractivity contribution >= 4 is 0 Å². The molecular weight excluding hydrogens is 172 g/mol. The SMILES string of the molecule is CNC1CCCN(C2CC3CC3C2)C1. The molecule has 3 fully saturated rings. The van der Waals surface area contributed by atoms with Crippen LogP contribution in [0.15, 0.2) is 0 Å². The summed E-state index contributed by atoms with van der Waals surface area (Å²) in [6.45, 7) is 2.67. The van der Waals surface area contributed by atoms with Crippen LogP contribution in [0.4, 0.5) is 0 Å². The van der Waals surface area contributed by atoms with E-state index in [1.165, 1.54) is 38.8 Å². The summed E-state index contributed by atoms with van der Waals surface area (Å²) in [6, 6.07) is 1.72. The first-order chi connectivity index (χ1) is 6.86. The lowest BCUT2D eigenvalue weighted by Gasteiger charge is -2.37. The molecule has 0 aromatic heterocycles. The number of hydrogen-bond donors (Lipinski definition) is 1. The Bertz CT molecular complexity index is 206. The van der Waals surface area contributed by atoms with Gasteiger partial charge in [-0.3, -0.25) is 4.90 Å². The van der Waals surface area contributed by atoms with Crippen molar-refractivity contribution in [1.82, 2.24) is 10.2 Å². The van der Waals surface area contributed by atoms with Crippen molar-refractivity contribution < 1.29 is 0 Å². The van der Waals surface area contributed by atoms with Gasteiger partial charge in [-0.25, -0.2) is 0 Å². The first-order valence-electron chi connectivity index (χ1n) is 6.28. The summed E-state index contributed by atoms with van der Waals surface area (Å²) < 4.78 is 0. The second-order valence-corrected chi connectivity index (χ2v) is 5.50. The summed E-state index contributed by atoms with van der Waals surface area (Å²) >= 11 is 0. The van der Waals surface area contributed by atoms with Crippen molar-refractivity contribution in [1.29, 1.82) is 0 Å². The van der Waals surface area contributed by atoms with Crippen LogP contribution < -0.4 is 5.32 Å². The standard InChI is InChI=1S/C12H22N2/c1-13-11-3-2-4-14(8-11)12-6-9-5-10(9)7-12/h9-13H,2-8H2,1H3. The van der Waals surface area contributed by atoms with Crippen LogP contribution in [0.1, 0.15) is 32.1 Å². The molecule has 0 spiro atoms. The van der Waals surface area contributed by atoms with Gasteiger partial charge in [0.2, 0.25) is 0 Å². The zero-order valence-electron chi connectivity index (χ0n) is 9.21. The smallest absolute Gasteiger partial charge is 0.0192 e. The Morgan fingerprint density at radius 3 is 2.64 bits per heavy atom. The van der Waals surface area contributed by atoms with Crippen LogP contribution in [0.25, 0.3) is 0 Å². The lowest BCUT2D eigenvalue weighted by molar-refractivity contribution is 0.134. The maximum atomic E-state index is 3.44. The van der Waals surface area contributed by atoms with Crippen molar-refractivity contribution in [3.05, 3.63) is 0 Å². The van der Waals surface area contributed by atoms with E-state index in [0.717, 1.165) is 23.9 Å². The number of rotatable bonds is 2. The molecule has 0 radical (unpaired) electrons. The zero-order valence-corrected chi connectivity index (χ0v) is 9.21. The fourth-order valence-electron chi connectivity index (χ4n) is 3.55. The van der Waals surface area contributed by atoms with Crippen LogP contribution in [-0.2, 0) is 0 Å². The Kier molecular flexibility index (Phi) is 2.29. The Morgan fingerprint density at radius 2 is 1.93 bits per heavy atom. The predicted octanol–water partition coefficient (Wildman–Crippen LogP) is 1.47. The number of hydrogen-bond acceptors (Lipinski definition) is 2. The highest BCUT2D eigenvalue weighted by atomic mass is 15.2. The molecule has 3 unspecified atom stereocenters. The number of nitrogens with one attached hydrogen (secondary N) is 1. The molecule has 0 amide bonds. The van der Waals surface area contributed by atoms with Gasteiger partial charge in [0, 0.05) is 18.6 Å². The number of likely N-dealkylation sites (N-methyl/N-ethyl adjacent to an activating group) is 1. The van der Waals surface area contributed by atoms with E-state index in [1.54, 1.807) is 6.42 Å². The topological polar surface area (TPSA) is 15.3 Å². The molecule has 3 rings (SSSR count). The van der Waals surface area contributed by atoms with E-state index in [4.69, 9.17) is 0 Å². The van der Waals surface area contributed by atoms with E-state index in [0.29, 0.717) is 0 Å². The Hall–Kier alpha value is -0.0800. The van der Waals surface area contributed by atoms with Crippen LogP contribution in [0.5, 0.6) is 0 Å². The van der Waals surface area contributed by atoms with Gasteiger partial charge in [-0.05, 0) is 57.5 Å². The van der Waals surface area contributed by atoms with Crippen LogP contribution in [-0.4, -0.2) is 37.1 Å². The van der Waals surface area contributed by atoms with Crippen molar-refractivity contribution in [2.45, 2.75) is 44.2 Å². The van der Waals surface area contributed by atoms with Gasteiger partial charge in [-0.2, -0.15) is 0 Å². The third kappa shape index (κ3) is 1.59. The first kappa shape index (κ1) is 9.17. The van der Waals surface area contributed by atoms with Gasteiger partial charge in [0.05, 0.1) is 0 Å². The third-order valence-corrected chi connectivity index (χ3v) is 4.60. The maximum absolute atomic E-state index is 3.44. The summed E-state index contributed by atoms with van der Waals surface area (Å²) in [4.78, 5) is 2.76. The fourth-order valence-corrected chi connectivity index (χ4v) is 3.55. The average molecular weight is 194 g/mol. The molecule has 1 heterocycles. The van der Waals surface area contributed by atoms with Crippen LogP contribution in [0, 0.1) is 11.8 Å². The molecule has 1 saturated heterocycles. The van der Waals surface area contributed by atoms with Gasteiger partial charge in [-0.1, -0.05) is 0 Å². The molecule has 0 aromatic carbocycles. The van der Waals surface area contributed by atoms with Crippen molar-refractivity contribution in [2.24, 2.45) is 11.8 Å². The fraction of sp³-hybridized carbons (Fsp3) is 1.00. The van der Waals surface area contributed by atoms with Crippen LogP contribution >= 0.6 is 0 Å². The lowest BCUT2D eigenvalue weighted by Crippen LogP contribution is -2.48. The van der Waals surface area contributed by atoms with Gasteiger partial charge in [0.25, 0.3) is 0 Å². The van der Waals surface area contributed by atoms with Crippen molar-refractivity contribution in [3.63, 3.8) is 0 Å². The summed E-state index contributed by atoms with van der Waals surface area (Å²) in [7, 11) is 2.11. The van der Waals surface area contributed by atoms with Crippen molar-refractivity contribution in [2.75, 3.05) is 20.1 Å². The summed E-state index contributed by atoms with van der Waals surface area (Å²) in [5.41, 5.74) is 0. The highest BCUT2D eigenvalue weighted by Crippen LogP contribution is 2.53. The minimum atomic E-state index is 0.765. The van der Waals surface area contributed by atoms with Crippen molar-refractivity contribution in [3.8, 4) is 0 Å². The Labute approximate surface area is 87.0 Å². The molecule has 2 heteroatoms. The predicted molar refractivity (Wildman–Crippen MR) is 58.3 cm³/mol. The quantitative estimate of drug-likeness (QED) is 0.716. The van der Waals surface area contributed by atoms with Gasteiger partial charge in [0.15, 0.2) is 0 Å². The summed E-state index contributed by atoms with van der Waals surface area (Å²) in [5, 5.41) is 3.44. The highest BCUT2D eigenvalue weighted by molar-refractivity contribution is 5.00. The molecule has 2 aliphatic carbocycles. The van der Waals surface area contributed by atoms with E-state index < -0.39 is 0 Å². The molecule has 80 valence electrons. The van der Waals surface area contributed by atoms with Crippen LogP contribution in [0.3, 0.4) is 0 Å².